The lowest BCUT2D eigenvalue weighted by atomic mass is 9.85. The molecule has 1 saturated carbocycles. The van der Waals surface area contributed by atoms with Gasteiger partial charge in [-0.25, -0.2) is 0 Å². The molecule has 1 aromatic carbocycles. The number of nitrogens with zero attached hydrogens (tertiary/aromatic N) is 2. The SMILES string of the molecule is COc1ccc(C)cc1CN1C[C@@H]2CC[C@@](O)(c3ccccn3)[C@H]2C1. The zero-order valence-electron chi connectivity index (χ0n) is 15.0. The van der Waals surface area contributed by atoms with Crippen LogP contribution in [0.4, 0.5) is 0 Å². The number of aromatic nitrogens is 1. The Kier molecular flexibility index (Phi) is 4.26. The van der Waals surface area contributed by atoms with E-state index in [2.05, 4.69) is 28.9 Å². The van der Waals surface area contributed by atoms with Crippen molar-refractivity contribution in [1.82, 2.24) is 9.88 Å². The molecule has 1 saturated heterocycles. The van der Waals surface area contributed by atoms with Crippen molar-refractivity contribution in [1.29, 1.82) is 0 Å². The van der Waals surface area contributed by atoms with Gasteiger partial charge in [0.05, 0.1) is 12.8 Å². The Morgan fingerprint density at radius 3 is 2.92 bits per heavy atom. The number of rotatable bonds is 4. The first-order chi connectivity index (χ1) is 12.1. The summed E-state index contributed by atoms with van der Waals surface area (Å²) in [5, 5.41) is 11.3. The van der Waals surface area contributed by atoms with Gasteiger partial charge in [-0.05, 0) is 43.9 Å². The van der Waals surface area contributed by atoms with Crippen molar-refractivity contribution < 1.29 is 9.84 Å². The van der Waals surface area contributed by atoms with Gasteiger partial charge in [-0.2, -0.15) is 0 Å². The fourth-order valence-corrected chi connectivity index (χ4v) is 4.72. The van der Waals surface area contributed by atoms with Crippen LogP contribution in [0.15, 0.2) is 42.6 Å². The summed E-state index contributed by atoms with van der Waals surface area (Å²) in [6.45, 7) is 4.93. The molecule has 0 unspecified atom stereocenters. The summed E-state index contributed by atoms with van der Waals surface area (Å²) in [6.07, 6.45) is 3.67. The number of pyridine rings is 1. The van der Waals surface area contributed by atoms with Crippen molar-refractivity contribution in [2.24, 2.45) is 11.8 Å². The van der Waals surface area contributed by atoms with Crippen LogP contribution < -0.4 is 4.74 Å². The largest absolute Gasteiger partial charge is 0.496 e. The summed E-state index contributed by atoms with van der Waals surface area (Å²) in [7, 11) is 1.73. The second-order valence-corrected chi connectivity index (χ2v) is 7.55. The highest BCUT2D eigenvalue weighted by Crippen LogP contribution is 2.50. The molecule has 2 heterocycles. The fourth-order valence-electron chi connectivity index (χ4n) is 4.72. The van der Waals surface area contributed by atoms with Crippen LogP contribution in [0.1, 0.15) is 29.7 Å². The van der Waals surface area contributed by atoms with Gasteiger partial charge in [0.2, 0.25) is 0 Å². The Balaban J connectivity index is 1.53. The van der Waals surface area contributed by atoms with E-state index in [1.807, 2.05) is 24.3 Å². The van der Waals surface area contributed by atoms with Gasteiger partial charge in [0.15, 0.2) is 0 Å². The third-order valence-corrected chi connectivity index (χ3v) is 5.96. The van der Waals surface area contributed by atoms with Gasteiger partial charge in [0.1, 0.15) is 11.4 Å². The predicted molar refractivity (Wildman–Crippen MR) is 97.4 cm³/mol. The number of hydrogen-bond donors (Lipinski definition) is 1. The molecular weight excluding hydrogens is 312 g/mol. The smallest absolute Gasteiger partial charge is 0.123 e. The molecule has 1 aromatic heterocycles. The zero-order chi connectivity index (χ0) is 17.4. The summed E-state index contributed by atoms with van der Waals surface area (Å²) < 4.78 is 5.53. The third kappa shape index (κ3) is 2.94. The Labute approximate surface area is 149 Å². The van der Waals surface area contributed by atoms with Gasteiger partial charge in [0.25, 0.3) is 0 Å². The van der Waals surface area contributed by atoms with Crippen LogP contribution in [0, 0.1) is 18.8 Å². The van der Waals surface area contributed by atoms with E-state index in [1.54, 1.807) is 13.3 Å². The van der Waals surface area contributed by atoms with Crippen molar-refractivity contribution in [2.75, 3.05) is 20.2 Å². The van der Waals surface area contributed by atoms with E-state index in [9.17, 15) is 5.11 Å². The van der Waals surface area contributed by atoms with E-state index in [0.717, 1.165) is 43.9 Å². The molecule has 25 heavy (non-hydrogen) atoms. The van der Waals surface area contributed by atoms with Crippen LogP contribution in [0.2, 0.25) is 0 Å². The lowest BCUT2D eigenvalue weighted by molar-refractivity contribution is -0.0108. The molecule has 2 aliphatic rings. The lowest BCUT2D eigenvalue weighted by Crippen LogP contribution is -2.35. The maximum atomic E-state index is 11.3. The van der Waals surface area contributed by atoms with Gasteiger partial charge in [0, 0.05) is 37.3 Å². The molecule has 132 valence electrons. The van der Waals surface area contributed by atoms with Crippen LogP contribution in [0.25, 0.3) is 0 Å². The zero-order valence-corrected chi connectivity index (χ0v) is 15.0. The number of hydrogen-bond acceptors (Lipinski definition) is 4. The van der Waals surface area contributed by atoms with Gasteiger partial charge in [-0.15, -0.1) is 0 Å². The second-order valence-electron chi connectivity index (χ2n) is 7.55. The monoisotopic (exact) mass is 338 g/mol. The van der Waals surface area contributed by atoms with E-state index < -0.39 is 5.60 Å². The maximum Gasteiger partial charge on any atom is 0.123 e. The quantitative estimate of drug-likeness (QED) is 0.930. The Morgan fingerprint density at radius 2 is 2.16 bits per heavy atom. The summed E-state index contributed by atoms with van der Waals surface area (Å²) in [5.41, 5.74) is 2.53. The minimum Gasteiger partial charge on any atom is -0.496 e. The van der Waals surface area contributed by atoms with Crippen LogP contribution >= 0.6 is 0 Å². The molecule has 3 atom stereocenters. The standard InChI is InChI=1S/C21H26N2O2/c1-15-6-7-19(25-2)17(11-15)13-23-12-16-8-9-21(24,18(16)14-23)20-5-3-4-10-22-20/h3-7,10-11,16,18,24H,8-9,12-14H2,1-2H3/t16-,18-,21-/m0/s1. The topological polar surface area (TPSA) is 45.6 Å². The highest BCUT2D eigenvalue weighted by atomic mass is 16.5. The molecule has 0 amide bonds. The highest BCUT2D eigenvalue weighted by Gasteiger charge is 2.53. The Morgan fingerprint density at radius 1 is 1.28 bits per heavy atom. The van der Waals surface area contributed by atoms with Crippen LogP contribution in [-0.4, -0.2) is 35.2 Å². The molecule has 1 aliphatic heterocycles. The first kappa shape index (κ1) is 16.6. The number of benzene rings is 1. The Bertz CT molecular complexity index is 749. The molecule has 4 nitrogen and oxygen atoms in total. The summed E-state index contributed by atoms with van der Waals surface area (Å²) in [4.78, 5) is 6.91. The highest BCUT2D eigenvalue weighted by molar-refractivity contribution is 5.37. The number of ether oxygens (including phenoxy) is 1. The number of likely N-dealkylation sites (tertiary alicyclic amines) is 1. The van der Waals surface area contributed by atoms with Crippen molar-refractivity contribution in [2.45, 2.75) is 31.9 Å². The molecule has 1 N–H and O–H groups in total. The lowest BCUT2D eigenvalue weighted by Gasteiger charge is -2.29. The predicted octanol–water partition coefficient (Wildman–Crippen LogP) is 3.13. The summed E-state index contributed by atoms with van der Waals surface area (Å²) in [6, 6.07) is 12.2. The molecule has 4 rings (SSSR count). The molecule has 0 bridgehead atoms. The van der Waals surface area contributed by atoms with E-state index in [0.29, 0.717) is 5.92 Å². The first-order valence-electron chi connectivity index (χ1n) is 9.10. The Hall–Kier alpha value is -1.91. The van der Waals surface area contributed by atoms with E-state index in [-0.39, 0.29) is 5.92 Å². The average molecular weight is 338 g/mol. The molecule has 4 heteroatoms. The van der Waals surface area contributed by atoms with E-state index in [4.69, 9.17) is 4.74 Å². The molecule has 0 radical (unpaired) electrons. The van der Waals surface area contributed by atoms with Gasteiger partial charge < -0.3 is 9.84 Å². The van der Waals surface area contributed by atoms with Crippen LogP contribution in [-0.2, 0) is 12.1 Å². The number of methoxy groups -OCH3 is 1. The maximum absolute atomic E-state index is 11.3. The molecule has 2 fully saturated rings. The number of aryl methyl sites for hydroxylation is 1. The van der Waals surface area contributed by atoms with Gasteiger partial charge in [-0.3, -0.25) is 9.88 Å². The van der Waals surface area contributed by atoms with Crippen molar-refractivity contribution >= 4 is 0 Å². The molecule has 1 aliphatic carbocycles. The molecular formula is C21H26N2O2. The average Bonchev–Trinajstić information content (AvgIpc) is 3.17. The summed E-state index contributed by atoms with van der Waals surface area (Å²) in [5.74, 6) is 1.75. The van der Waals surface area contributed by atoms with Crippen molar-refractivity contribution in [3.8, 4) is 5.75 Å². The van der Waals surface area contributed by atoms with Gasteiger partial charge >= 0.3 is 0 Å². The van der Waals surface area contributed by atoms with E-state index in [1.165, 1.54) is 11.1 Å². The van der Waals surface area contributed by atoms with Crippen LogP contribution in [0.3, 0.4) is 0 Å². The second kappa shape index (κ2) is 6.43. The van der Waals surface area contributed by atoms with Crippen molar-refractivity contribution in [3.63, 3.8) is 0 Å². The summed E-state index contributed by atoms with van der Waals surface area (Å²) >= 11 is 0. The minimum absolute atomic E-state index is 0.262. The van der Waals surface area contributed by atoms with Gasteiger partial charge in [-0.1, -0.05) is 23.8 Å². The first-order valence-corrected chi connectivity index (χ1v) is 9.10. The molecule has 0 spiro atoms. The fraction of sp³-hybridized carbons (Fsp3) is 0.476. The van der Waals surface area contributed by atoms with Crippen molar-refractivity contribution in [3.05, 3.63) is 59.4 Å². The normalized spacial score (nSPS) is 28.9. The molecule has 2 aromatic rings. The van der Waals surface area contributed by atoms with Crippen LogP contribution in [0.5, 0.6) is 5.75 Å². The number of aliphatic hydroxyl groups is 1. The minimum atomic E-state index is -0.780. The van der Waals surface area contributed by atoms with E-state index >= 15 is 0 Å². The number of fused-ring (bicyclic) bond motifs is 1. The third-order valence-electron chi connectivity index (χ3n) is 5.96.